The number of fused-ring (bicyclic) bond motifs is 2. The van der Waals surface area contributed by atoms with Crippen LogP contribution in [0.15, 0.2) is 48.8 Å². The van der Waals surface area contributed by atoms with Crippen LogP contribution in [0, 0.1) is 5.82 Å². The number of carbonyl (C=O) groups excluding carboxylic acids is 1. The van der Waals surface area contributed by atoms with Crippen LogP contribution in [0.25, 0.3) is 32.9 Å². The van der Waals surface area contributed by atoms with E-state index in [0.29, 0.717) is 0 Å². The van der Waals surface area contributed by atoms with Gasteiger partial charge < -0.3 is 4.98 Å². The van der Waals surface area contributed by atoms with Gasteiger partial charge in [-0.2, -0.15) is 5.10 Å². The lowest BCUT2D eigenvalue weighted by Gasteiger charge is -2.00. The van der Waals surface area contributed by atoms with Crippen molar-refractivity contribution in [3.05, 3.63) is 54.6 Å². The van der Waals surface area contributed by atoms with Gasteiger partial charge in [0.2, 0.25) is 0 Å². The Balaban J connectivity index is 1.82. The number of nitrogens with one attached hydrogen (secondary N) is 1. The largest absolute Gasteiger partial charge is 0.360 e. The highest BCUT2D eigenvalue weighted by Crippen LogP contribution is 2.30. The van der Waals surface area contributed by atoms with Crippen LogP contribution in [0.3, 0.4) is 0 Å². The van der Waals surface area contributed by atoms with Crippen molar-refractivity contribution in [2.45, 2.75) is 13.5 Å². The van der Waals surface area contributed by atoms with Crippen molar-refractivity contribution in [3.8, 4) is 11.1 Å². The van der Waals surface area contributed by atoms with Crippen LogP contribution in [-0.2, 0) is 11.3 Å². The fourth-order valence-corrected chi connectivity index (χ4v) is 2.88. The molecule has 0 atom stereocenters. The maximum atomic E-state index is 13.3. The molecule has 0 amide bonds. The molecular weight excluding hydrogens is 293 g/mol. The lowest BCUT2D eigenvalue weighted by Crippen LogP contribution is -2.05. The molecule has 4 rings (SSSR count). The Morgan fingerprint density at radius 2 is 2.13 bits per heavy atom. The fourth-order valence-electron chi connectivity index (χ4n) is 2.88. The highest BCUT2D eigenvalue weighted by molar-refractivity contribution is 5.97. The van der Waals surface area contributed by atoms with E-state index in [1.54, 1.807) is 17.7 Å². The smallest absolute Gasteiger partial charge is 0.151 e. The monoisotopic (exact) mass is 307 g/mol. The van der Waals surface area contributed by atoms with Gasteiger partial charge in [0.15, 0.2) is 5.78 Å². The van der Waals surface area contributed by atoms with Gasteiger partial charge in [-0.15, -0.1) is 0 Å². The molecule has 5 heteroatoms. The third-order valence-electron chi connectivity index (χ3n) is 3.89. The lowest BCUT2D eigenvalue weighted by molar-refractivity contribution is -0.117. The zero-order valence-electron chi connectivity index (χ0n) is 12.5. The molecule has 0 unspecified atom stereocenters. The number of aromatic amines is 1. The summed E-state index contributed by atoms with van der Waals surface area (Å²) in [7, 11) is 0. The first kappa shape index (κ1) is 13.7. The van der Waals surface area contributed by atoms with Gasteiger partial charge in [-0.25, -0.2) is 4.39 Å². The van der Waals surface area contributed by atoms with Gasteiger partial charge in [0.05, 0.1) is 12.1 Å². The van der Waals surface area contributed by atoms with E-state index in [0.717, 1.165) is 32.9 Å². The number of halogens is 1. The van der Waals surface area contributed by atoms with Crippen molar-refractivity contribution in [2.24, 2.45) is 0 Å². The number of hydrogen-bond acceptors (Lipinski definition) is 2. The Bertz CT molecular complexity index is 1040. The normalized spacial score (nSPS) is 11.4. The number of hydrogen-bond donors (Lipinski definition) is 1. The summed E-state index contributed by atoms with van der Waals surface area (Å²) >= 11 is 0. The van der Waals surface area contributed by atoms with E-state index < -0.39 is 0 Å². The summed E-state index contributed by atoms with van der Waals surface area (Å²) in [6.07, 6.45) is 3.74. The van der Waals surface area contributed by atoms with Crippen molar-refractivity contribution < 1.29 is 9.18 Å². The molecule has 2 aromatic heterocycles. The van der Waals surface area contributed by atoms with E-state index >= 15 is 0 Å². The quantitative estimate of drug-likeness (QED) is 0.624. The van der Waals surface area contributed by atoms with Crippen LogP contribution in [0.1, 0.15) is 6.92 Å². The van der Waals surface area contributed by atoms with Crippen LogP contribution in [0.4, 0.5) is 4.39 Å². The van der Waals surface area contributed by atoms with Crippen molar-refractivity contribution in [2.75, 3.05) is 0 Å². The standard InChI is InChI=1S/C18H14FN3O/c1-11(23)9-22-10-13-3-2-12(6-17(13)21-22)16-8-20-18-7-14(19)4-5-15(16)18/h2-8,10,20H,9H2,1H3. The van der Waals surface area contributed by atoms with E-state index in [2.05, 4.69) is 10.1 Å². The second-order valence-electron chi connectivity index (χ2n) is 5.69. The fraction of sp³-hybridized carbons (Fsp3) is 0.111. The molecule has 0 aliphatic heterocycles. The van der Waals surface area contributed by atoms with Crippen LogP contribution >= 0.6 is 0 Å². The predicted octanol–water partition coefficient (Wildman–Crippen LogP) is 3.91. The zero-order valence-corrected chi connectivity index (χ0v) is 12.5. The number of ketones is 1. The van der Waals surface area contributed by atoms with Crippen molar-refractivity contribution in [1.82, 2.24) is 14.8 Å². The molecule has 0 spiro atoms. The molecule has 23 heavy (non-hydrogen) atoms. The molecule has 0 fully saturated rings. The first-order valence-corrected chi connectivity index (χ1v) is 7.34. The van der Waals surface area contributed by atoms with Gasteiger partial charge in [-0.1, -0.05) is 12.1 Å². The van der Waals surface area contributed by atoms with E-state index in [-0.39, 0.29) is 18.1 Å². The van der Waals surface area contributed by atoms with Crippen molar-refractivity contribution in [1.29, 1.82) is 0 Å². The number of benzene rings is 2. The molecule has 2 aromatic carbocycles. The molecule has 0 aliphatic carbocycles. The number of carbonyl (C=O) groups is 1. The number of nitrogens with zero attached hydrogens (tertiary/aromatic N) is 2. The average molecular weight is 307 g/mol. The number of H-pyrrole nitrogens is 1. The van der Waals surface area contributed by atoms with E-state index in [9.17, 15) is 9.18 Å². The Morgan fingerprint density at radius 3 is 2.96 bits per heavy atom. The molecule has 0 saturated carbocycles. The molecule has 0 radical (unpaired) electrons. The second-order valence-corrected chi connectivity index (χ2v) is 5.69. The van der Waals surface area contributed by atoms with E-state index in [4.69, 9.17) is 0 Å². The van der Waals surface area contributed by atoms with Crippen molar-refractivity contribution >= 4 is 27.6 Å². The van der Waals surface area contributed by atoms with Gasteiger partial charge in [-0.3, -0.25) is 9.48 Å². The third kappa shape index (κ3) is 2.40. The molecule has 2 heterocycles. The summed E-state index contributed by atoms with van der Waals surface area (Å²) in [5.41, 5.74) is 3.61. The maximum absolute atomic E-state index is 13.3. The molecule has 0 saturated heterocycles. The Morgan fingerprint density at radius 1 is 1.26 bits per heavy atom. The SMILES string of the molecule is CC(=O)Cn1cc2ccc(-c3c[nH]c4cc(F)ccc34)cc2n1. The predicted molar refractivity (Wildman–Crippen MR) is 87.7 cm³/mol. The third-order valence-corrected chi connectivity index (χ3v) is 3.89. The highest BCUT2D eigenvalue weighted by atomic mass is 19.1. The van der Waals surface area contributed by atoms with Crippen LogP contribution in [0.2, 0.25) is 0 Å². The molecule has 4 nitrogen and oxygen atoms in total. The molecular formula is C18H14FN3O. The Labute approximate surface area is 131 Å². The van der Waals surface area contributed by atoms with Gasteiger partial charge >= 0.3 is 0 Å². The highest BCUT2D eigenvalue weighted by Gasteiger charge is 2.09. The van der Waals surface area contributed by atoms with E-state index in [1.807, 2.05) is 30.6 Å². The van der Waals surface area contributed by atoms with Crippen molar-refractivity contribution in [3.63, 3.8) is 0 Å². The average Bonchev–Trinajstić information content (AvgIpc) is 3.08. The minimum Gasteiger partial charge on any atom is -0.360 e. The minimum atomic E-state index is -0.260. The summed E-state index contributed by atoms with van der Waals surface area (Å²) in [5, 5.41) is 6.40. The van der Waals surface area contributed by atoms with Crippen LogP contribution in [-0.4, -0.2) is 20.5 Å². The minimum absolute atomic E-state index is 0.0664. The summed E-state index contributed by atoms with van der Waals surface area (Å²) in [5.74, 6) is -0.194. The van der Waals surface area contributed by atoms with Crippen LogP contribution in [0.5, 0.6) is 0 Å². The summed E-state index contributed by atoms with van der Waals surface area (Å²) in [6.45, 7) is 1.82. The van der Waals surface area contributed by atoms with Gasteiger partial charge in [0, 0.05) is 34.2 Å². The Hall–Kier alpha value is -2.95. The molecule has 4 aromatic rings. The van der Waals surface area contributed by atoms with Gasteiger partial charge in [-0.05, 0) is 36.8 Å². The molecule has 114 valence electrons. The zero-order chi connectivity index (χ0) is 16.0. The first-order chi connectivity index (χ1) is 11.1. The summed E-state index contributed by atoms with van der Waals surface area (Å²) < 4.78 is 15.0. The number of rotatable bonds is 3. The van der Waals surface area contributed by atoms with Gasteiger partial charge in [0.1, 0.15) is 5.82 Å². The lowest BCUT2D eigenvalue weighted by atomic mass is 10.0. The first-order valence-electron chi connectivity index (χ1n) is 7.34. The Kier molecular flexibility index (Phi) is 3.01. The number of Topliss-reactive ketones (excluding diaryl/α,β-unsaturated/α-hetero) is 1. The molecule has 1 N–H and O–H groups in total. The number of aromatic nitrogens is 3. The van der Waals surface area contributed by atoms with Gasteiger partial charge in [0.25, 0.3) is 0 Å². The molecule has 0 bridgehead atoms. The molecule has 0 aliphatic rings. The van der Waals surface area contributed by atoms with E-state index in [1.165, 1.54) is 12.1 Å². The second kappa shape index (κ2) is 5.05. The van der Waals surface area contributed by atoms with Crippen LogP contribution < -0.4 is 0 Å². The maximum Gasteiger partial charge on any atom is 0.151 e. The summed E-state index contributed by atoms with van der Waals surface area (Å²) in [4.78, 5) is 14.3. The summed E-state index contributed by atoms with van der Waals surface area (Å²) in [6, 6.07) is 10.7. The topological polar surface area (TPSA) is 50.7 Å².